The molecule has 0 saturated carbocycles. The summed E-state index contributed by atoms with van der Waals surface area (Å²) in [6, 6.07) is 16.1. The zero-order valence-electron chi connectivity index (χ0n) is 13.1. The van der Waals surface area contributed by atoms with Crippen LogP contribution < -0.4 is 5.32 Å². The second kappa shape index (κ2) is 5.54. The predicted octanol–water partition coefficient (Wildman–Crippen LogP) is 3.55. The molecule has 0 fully saturated rings. The Kier molecular flexibility index (Phi) is 3.37. The SMILES string of the molecule is Cc1ccccc1NC(=O)[C@H]1CCn2c(nc3ccccc32)C1. The van der Waals surface area contributed by atoms with Gasteiger partial charge >= 0.3 is 0 Å². The summed E-state index contributed by atoms with van der Waals surface area (Å²) in [4.78, 5) is 17.3. The molecule has 4 rings (SSSR count). The van der Waals surface area contributed by atoms with Gasteiger partial charge in [0.1, 0.15) is 5.82 Å². The molecule has 2 heterocycles. The lowest BCUT2D eigenvalue weighted by atomic mass is 9.96. The molecule has 0 bridgehead atoms. The highest BCUT2D eigenvalue weighted by atomic mass is 16.1. The molecule has 1 aromatic heterocycles. The maximum Gasteiger partial charge on any atom is 0.228 e. The van der Waals surface area contributed by atoms with E-state index in [9.17, 15) is 4.79 Å². The van der Waals surface area contributed by atoms with Crippen LogP contribution in [0.15, 0.2) is 48.5 Å². The van der Waals surface area contributed by atoms with Crippen molar-refractivity contribution in [3.8, 4) is 0 Å². The number of carbonyl (C=O) groups is 1. The van der Waals surface area contributed by atoms with Gasteiger partial charge in [-0.3, -0.25) is 4.79 Å². The van der Waals surface area contributed by atoms with Crippen molar-refractivity contribution in [2.24, 2.45) is 5.92 Å². The highest BCUT2D eigenvalue weighted by Crippen LogP contribution is 2.26. The molecule has 1 amide bonds. The Morgan fingerprint density at radius 1 is 1.17 bits per heavy atom. The average molecular weight is 305 g/mol. The Morgan fingerprint density at radius 3 is 2.83 bits per heavy atom. The third-order valence-corrected chi connectivity index (χ3v) is 4.64. The van der Waals surface area contributed by atoms with E-state index in [4.69, 9.17) is 4.98 Å². The first-order chi connectivity index (χ1) is 11.2. The number of hydrogen-bond donors (Lipinski definition) is 1. The third kappa shape index (κ3) is 2.50. The number of para-hydroxylation sites is 3. The van der Waals surface area contributed by atoms with Gasteiger partial charge in [-0.15, -0.1) is 0 Å². The van der Waals surface area contributed by atoms with E-state index in [0.717, 1.165) is 35.6 Å². The second-order valence-corrected chi connectivity index (χ2v) is 6.16. The van der Waals surface area contributed by atoms with Gasteiger partial charge in [0, 0.05) is 24.6 Å². The molecule has 1 N–H and O–H groups in total. The minimum Gasteiger partial charge on any atom is -0.328 e. The van der Waals surface area contributed by atoms with Crippen molar-refractivity contribution in [2.45, 2.75) is 26.3 Å². The van der Waals surface area contributed by atoms with Gasteiger partial charge in [0.15, 0.2) is 0 Å². The largest absolute Gasteiger partial charge is 0.328 e. The van der Waals surface area contributed by atoms with Crippen LogP contribution in [0.5, 0.6) is 0 Å². The van der Waals surface area contributed by atoms with E-state index in [1.54, 1.807) is 0 Å². The minimum atomic E-state index is -0.0149. The fraction of sp³-hybridized carbons (Fsp3) is 0.263. The van der Waals surface area contributed by atoms with Gasteiger partial charge in [-0.05, 0) is 37.1 Å². The molecule has 0 unspecified atom stereocenters. The van der Waals surface area contributed by atoms with E-state index >= 15 is 0 Å². The fourth-order valence-electron chi connectivity index (χ4n) is 3.31. The van der Waals surface area contributed by atoms with Gasteiger partial charge in [0.05, 0.1) is 11.0 Å². The number of anilines is 1. The number of fused-ring (bicyclic) bond motifs is 3. The van der Waals surface area contributed by atoms with Crippen molar-refractivity contribution in [3.63, 3.8) is 0 Å². The van der Waals surface area contributed by atoms with Crippen LogP contribution in [0.2, 0.25) is 0 Å². The van der Waals surface area contributed by atoms with E-state index in [1.165, 1.54) is 5.52 Å². The zero-order valence-corrected chi connectivity index (χ0v) is 13.1. The van der Waals surface area contributed by atoms with E-state index in [0.29, 0.717) is 6.42 Å². The lowest BCUT2D eigenvalue weighted by Crippen LogP contribution is -2.30. The molecule has 0 radical (unpaired) electrons. The minimum absolute atomic E-state index is 0.0149. The second-order valence-electron chi connectivity index (χ2n) is 6.16. The molecule has 23 heavy (non-hydrogen) atoms. The summed E-state index contributed by atoms with van der Waals surface area (Å²) in [7, 11) is 0. The highest BCUT2D eigenvalue weighted by Gasteiger charge is 2.27. The van der Waals surface area contributed by atoms with E-state index < -0.39 is 0 Å². The molecule has 4 nitrogen and oxygen atoms in total. The maximum atomic E-state index is 12.6. The van der Waals surface area contributed by atoms with Crippen LogP contribution in [-0.2, 0) is 17.8 Å². The zero-order chi connectivity index (χ0) is 15.8. The summed E-state index contributed by atoms with van der Waals surface area (Å²) in [5, 5.41) is 3.07. The summed E-state index contributed by atoms with van der Waals surface area (Å²) in [6.07, 6.45) is 1.55. The van der Waals surface area contributed by atoms with Crippen molar-refractivity contribution in [3.05, 3.63) is 59.9 Å². The van der Waals surface area contributed by atoms with Crippen LogP contribution in [0.1, 0.15) is 17.8 Å². The maximum absolute atomic E-state index is 12.6. The quantitative estimate of drug-likeness (QED) is 0.787. The molecule has 0 aliphatic carbocycles. The Hall–Kier alpha value is -2.62. The molecular weight excluding hydrogens is 286 g/mol. The smallest absolute Gasteiger partial charge is 0.228 e. The van der Waals surface area contributed by atoms with Gasteiger partial charge in [0.25, 0.3) is 0 Å². The molecule has 4 heteroatoms. The molecule has 1 aliphatic heterocycles. The van der Waals surface area contributed by atoms with Gasteiger partial charge in [0.2, 0.25) is 5.91 Å². The van der Waals surface area contributed by atoms with Crippen molar-refractivity contribution in [1.29, 1.82) is 0 Å². The van der Waals surface area contributed by atoms with Crippen LogP contribution in [-0.4, -0.2) is 15.5 Å². The van der Waals surface area contributed by atoms with E-state index in [1.807, 2.05) is 49.4 Å². The number of hydrogen-bond acceptors (Lipinski definition) is 2. The van der Waals surface area contributed by atoms with Crippen LogP contribution in [0.25, 0.3) is 11.0 Å². The van der Waals surface area contributed by atoms with Gasteiger partial charge in [-0.1, -0.05) is 30.3 Å². The summed E-state index contributed by atoms with van der Waals surface area (Å²) < 4.78 is 2.24. The van der Waals surface area contributed by atoms with Crippen LogP contribution in [0.4, 0.5) is 5.69 Å². The molecule has 0 spiro atoms. The number of benzene rings is 2. The fourth-order valence-corrected chi connectivity index (χ4v) is 3.31. The van der Waals surface area contributed by atoms with Gasteiger partial charge < -0.3 is 9.88 Å². The van der Waals surface area contributed by atoms with Crippen LogP contribution in [0.3, 0.4) is 0 Å². The van der Waals surface area contributed by atoms with Gasteiger partial charge in [-0.25, -0.2) is 4.98 Å². The molecule has 1 atom stereocenters. The lowest BCUT2D eigenvalue weighted by Gasteiger charge is -2.23. The molecule has 0 saturated heterocycles. The number of rotatable bonds is 2. The monoisotopic (exact) mass is 305 g/mol. The molecule has 3 aromatic rings. The van der Waals surface area contributed by atoms with E-state index in [-0.39, 0.29) is 11.8 Å². The number of carbonyl (C=O) groups excluding carboxylic acids is 1. The van der Waals surface area contributed by atoms with Crippen LogP contribution in [0, 0.1) is 12.8 Å². The van der Waals surface area contributed by atoms with Crippen molar-refractivity contribution in [1.82, 2.24) is 9.55 Å². The normalized spacial score (nSPS) is 17.0. The Morgan fingerprint density at radius 2 is 1.96 bits per heavy atom. The van der Waals surface area contributed by atoms with Crippen molar-refractivity contribution in [2.75, 3.05) is 5.32 Å². The van der Waals surface area contributed by atoms with Crippen molar-refractivity contribution < 1.29 is 4.79 Å². The standard InChI is InChI=1S/C19H19N3O/c1-13-6-2-3-7-15(13)21-19(23)14-10-11-22-17-9-5-4-8-16(17)20-18(22)12-14/h2-9,14H,10-12H2,1H3,(H,21,23)/t14-/m0/s1. The molecule has 1 aliphatic rings. The van der Waals surface area contributed by atoms with Gasteiger partial charge in [-0.2, -0.15) is 0 Å². The summed E-state index contributed by atoms with van der Waals surface area (Å²) in [5.74, 6) is 1.10. The van der Waals surface area contributed by atoms with E-state index in [2.05, 4.69) is 16.0 Å². The first-order valence-electron chi connectivity index (χ1n) is 8.03. The van der Waals surface area contributed by atoms with Crippen LogP contribution >= 0.6 is 0 Å². The Balaban J connectivity index is 1.56. The summed E-state index contributed by atoms with van der Waals surface area (Å²) in [6.45, 7) is 2.86. The number of nitrogens with one attached hydrogen (secondary N) is 1. The summed E-state index contributed by atoms with van der Waals surface area (Å²) in [5.41, 5.74) is 4.17. The first kappa shape index (κ1) is 14.0. The number of amides is 1. The lowest BCUT2D eigenvalue weighted by molar-refractivity contribution is -0.120. The predicted molar refractivity (Wildman–Crippen MR) is 91.4 cm³/mol. The average Bonchev–Trinajstić information content (AvgIpc) is 2.94. The molecule has 2 aromatic carbocycles. The Labute approximate surface area is 135 Å². The number of aromatic nitrogens is 2. The molecule has 116 valence electrons. The first-order valence-corrected chi connectivity index (χ1v) is 8.03. The third-order valence-electron chi connectivity index (χ3n) is 4.64. The number of imidazole rings is 1. The Bertz CT molecular complexity index is 881. The summed E-state index contributed by atoms with van der Waals surface area (Å²) >= 11 is 0. The highest BCUT2D eigenvalue weighted by molar-refractivity contribution is 5.93. The number of aryl methyl sites for hydroxylation is 2. The topological polar surface area (TPSA) is 46.9 Å². The number of nitrogens with zero attached hydrogens (tertiary/aromatic N) is 2. The molecular formula is C19H19N3O. The van der Waals surface area contributed by atoms with Crippen molar-refractivity contribution >= 4 is 22.6 Å².